The Labute approximate surface area is 110 Å². The van der Waals surface area contributed by atoms with E-state index in [4.69, 9.17) is 10.5 Å². The van der Waals surface area contributed by atoms with E-state index in [0.717, 1.165) is 32.6 Å². The number of halogens is 1. The van der Waals surface area contributed by atoms with Gasteiger partial charge in [-0.1, -0.05) is 13.8 Å². The molecule has 0 spiro atoms. The van der Waals surface area contributed by atoms with Crippen LogP contribution in [0.15, 0.2) is 0 Å². The fourth-order valence-corrected chi connectivity index (χ4v) is 1.97. The predicted molar refractivity (Wildman–Crippen MR) is 71.2 cm³/mol. The zero-order valence-corrected chi connectivity index (χ0v) is 11.8. The van der Waals surface area contributed by atoms with Crippen molar-refractivity contribution in [1.29, 1.82) is 0 Å². The van der Waals surface area contributed by atoms with Crippen LogP contribution in [-0.2, 0) is 9.53 Å². The molecule has 1 aliphatic heterocycles. The highest BCUT2D eigenvalue weighted by molar-refractivity contribution is 5.85. The van der Waals surface area contributed by atoms with E-state index in [1.165, 1.54) is 0 Å². The zero-order valence-electron chi connectivity index (χ0n) is 11.0. The molecule has 0 aromatic carbocycles. The standard InChI is InChI=1S/C12H24N2O2.ClH/c1-9(2)11(13)12(15)14(3)7-10-5-4-6-16-8-10;/h9-11H,4-8,13H2,1-3H3;1H/t10?,11-;/m1./s1. The van der Waals surface area contributed by atoms with Crippen LogP contribution in [0.1, 0.15) is 26.7 Å². The summed E-state index contributed by atoms with van der Waals surface area (Å²) in [6.07, 6.45) is 2.25. The van der Waals surface area contributed by atoms with E-state index in [9.17, 15) is 4.79 Å². The summed E-state index contributed by atoms with van der Waals surface area (Å²) in [5, 5.41) is 0. The van der Waals surface area contributed by atoms with E-state index >= 15 is 0 Å². The first-order valence-electron chi connectivity index (χ1n) is 6.10. The van der Waals surface area contributed by atoms with Crippen LogP contribution in [0.3, 0.4) is 0 Å². The van der Waals surface area contributed by atoms with E-state index in [1.807, 2.05) is 20.9 Å². The van der Waals surface area contributed by atoms with Crippen LogP contribution in [0.25, 0.3) is 0 Å². The number of likely N-dealkylation sites (N-methyl/N-ethyl adjacent to an activating group) is 1. The number of carbonyl (C=O) groups excluding carboxylic acids is 1. The van der Waals surface area contributed by atoms with Gasteiger partial charge >= 0.3 is 0 Å². The van der Waals surface area contributed by atoms with Gasteiger partial charge in [-0.25, -0.2) is 0 Å². The summed E-state index contributed by atoms with van der Waals surface area (Å²) in [6, 6.07) is -0.380. The molecule has 102 valence electrons. The summed E-state index contributed by atoms with van der Waals surface area (Å²) in [7, 11) is 1.83. The average molecular weight is 265 g/mol. The van der Waals surface area contributed by atoms with Crippen molar-refractivity contribution in [3.8, 4) is 0 Å². The number of rotatable bonds is 4. The van der Waals surface area contributed by atoms with Gasteiger partial charge in [-0.15, -0.1) is 12.4 Å². The molecule has 1 rings (SSSR count). The number of amides is 1. The lowest BCUT2D eigenvalue weighted by atomic mass is 10.00. The van der Waals surface area contributed by atoms with Crippen LogP contribution >= 0.6 is 12.4 Å². The van der Waals surface area contributed by atoms with Crippen molar-refractivity contribution in [2.45, 2.75) is 32.7 Å². The Kier molecular flexibility index (Phi) is 7.75. The van der Waals surface area contributed by atoms with Crippen LogP contribution in [0, 0.1) is 11.8 Å². The van der Waals surface area contributed by atoms with E-state index < -0.39 is 0 Å². The molecule has 4 nitrogen and oxygen atoms in total. The Bertz CT molecular complexity index is 231. The molecule has 1 amide bonds. The molecular weight excluding hydrogens is 240 g/mol. The third-order valence-electron chi connectivity index (χ3n) is 3.17. The number of hydrogen-bond donors (Lipinski definition) is 1. The van der Waals surface area contributed by atoms with Crippen molar-refractivity contribution in [2.75, 3.05) is 26.8 Å². The van der Waals surface area contributed by atoms with E-state index in [1.54, 1.807) is 4.90 Å². The fourth-order valence-electron chi connectivity index (χ4n) is 1.97. The summed E-state index contributed by atoms with van der Waals surface area (Å²) in [6.45, 7) is 6.34. The maximum atomic E-state index is 11.9. The molecule has 0 aromatic heterocycles. The smallest absolute Gasteiger partial charge is 0.239 e. The molecule has 5 heteroatoms. The number of nitrogens with two attached hydrogens (primary N) is 1. The van der Waals surface area contributed by atoms with Crippen LogP contribution in [0.2, 0.25) is 0 Å². The third kappa shape index (κ3) is 5.23. The molecule has 1 fully saturated rings. The van der Waals surface area contributed by atoms with Crippen LogP contribution < -0.4 is 5.73 Å². The molecule has 0 saturated carbocycles. The van der Waals surface area contributed by atoms with Gasteiger partial charge in [0, 0.05) is 20.2 Å². The van der Waals surface area contributed by atoms with Gasteiger partial charge in [-0.05, 0) is 24.7 Å². The molecule has 2 N–H and O–H groups in total. The van der Waals surface area contributed by atoms with Gasteiger partial charge < -0.3 is 15.4 Å². The van der Waals surface area contributed by atoms with Gasteiger partial charge in [-0.2, -0.15) is 0 Å². The molecule has 0 bridgehead atoms. The highest BCUT2D eigenvalue weighted by Crippen LogP contribution is 2.15. The molecule has 17 heavy (non-hydrogen) atoms. The van der Waals surface area contributed by atoms with Crippen LogP contribution in [-0.4, -0.2) is 43.7 Å². The largest absolute Gasteiger partial charge is 0.381 e. The summed E-state index contributed by atoms with van der Waals surface area (Å²) in [5.74, 6) is 0.709. The highest BCUT2D eigenvalue weighted by Gasteiger charge is 2.24. The topological polar surface area (TPSA) is 55.6 Å². The minimum atomic E-state index is -0.380. The number of nitrogens with zero attached hydrogens (tertiary/aromatic N) is 1. The molecule has 0 radical (unpaired) electrons. The van der Waals surface area contributed by atoms with Crippen molar-refractivity contribution in [2.24, 2.45) is 17.6 Å². The second-order valence-corrected chi connectivity index (χ2v) is 5.07. The van der Waals surface area contributed by atoms with Crippen molar-refractivity contribution in [3.63, 3.8) is 0 Å². The van der Waals surface area contributed by atoms with Crippen molar-refractivity contribution in [1.82, 2.24) is 4.90 Å². The van der Waals surface area contributed by atoms with E-state index in [2.05, 4.69) is 0 Å². The van der Waals surface area contributed by atoms with Gasteiger partial charge in [0.05, 0.1) is 12.6 Å². The van der Waals surface area contributed by atoms with Gasteiger partial charge in [-0.3, -0.25) is 4.79 Å². The van der Waals surface area contributed by atoms with Crippen LogP contribution in [0.4, 0.5) is 0 Å². The lowest BCUT2D eigenvalue weighted by Crippen LogP contribution is -2.46. The molecule has 1 aliphatic rings. The number of ether oxygens (including phenoxy) is 1. The first-order chi connectivity index (χ1) is 7.52. The Morgan fingerprint density at radius 2 is 2.18 bits per heavy atom. The maximum Gasteiger partial charge on any atom is 0.239 e. The van der Waals surface area contributed by atoms with Gasteiger partial charge in [0.1, 0.15) is 0 Å². The predicted octanol–water partition coefficient (Wildman–Crippen LogP) is 1.28. The first-order valence-corrected chi connectivity index (χ1v) is 6.10. The lowest BCUT2D eigenvalue weighted by Gasteiger charge is -2.29. The minimum Gasteiger partial charge on any atom is -0.381 e. The lowest BCUT2D eigenvalue weighted by molar-refractivity contribution is -0.133. The number of hydrogen-bond acceptors (Lipinski definition) is 3. The maximum absolute atomic E-state index is 11.9. The molecule has 1 heterocycles. The Balaban J connectivity index is 0.00000256. The molecule has 1 saturated heterocycles. The van der Waals surface area contributed by atoms with Crippen molar-refractivity contribution >= 4 is 18.3 Å². The van der Waals surface area contributed by atoms with E-state index in [0.29, 0.717) is 5.92 Å². The molecule has 2 atom stereocenters. The molecule has 0 aliphatic carbocycles. The van der Waals surface area contributed by atoms with Crippen molar-refractivity contribution < 1.29 is 9.53 Å². The first kappa shape index (κ1) is 16.7. The molecule has 0 aromatic rings. The Morgan fingerprint density at radius 3 is 2.65 bits per heavy atom. The van der Waals surface area contributed by atoms with Crippen LogP contribution in [0.5, 0.6) is 0 Å². The van der Waals surface area contributed by atoms with Gasteiger partial charge in [0.15, 0.2) is 0 Å². The summed E-state index contributed by atoms with van der Waals surface area (Å²) < 4.78 is 5.40. The Hall–Kier alpha value is -0.320. The monoisotopic (exact) mass is 264 g/mol. The summed E-state index contributed by atoms with van der Waals surface area (Å²) in [4.78, 5) is 13.7. The van der Waals surface area contributed by atoms with Gasteiger partial charge in [0.25, 0.3) is 0 Å². The number of carbonyl (C=O) groups is 1. The van der Waals surface area contributed by atoms with Gasteiger partial charge in [0.2, 0.25) is 5.91 Å². The molecular formula is C12H25ClN2O2. The van der Waals surface area contributed by atoms with E-state index in [-0.39, 0.29) is 30.3 Å². The summed E-state index contributed by atoms with van der Waals surface area (Å²) >= 11 is 0. The second kappa shape index (κ2) is 7.90. The normalized spacial score (nSPS) is 21.8. The second-order valence-electron chi connectivity index (χ2n) is 5.07. The highest BCUT2D eigenvalue weighted by atomic mass is 35.5. The quantitative estimate of drug-likeness (QED) is 0.832. The SMILES string of the molecule is CC(C)[C@@H](N)C(=O)N(C)CC1CCCOC1.Cl. The Morgan fingerprint density at radius 1 is 1.53 bits per heavy atom. The zero-order chi connectivity index (χ0) is 12.1. The minimum absolute atomic E-state index is 0. The third-order valence-corrected chi connectivity index (χ3v) is 3.17. The molecule has 1 unspecified atom stereocenters. The summed E-state index contributed by atoms with van der Waals surface area (Å²) in [5.41, 5.74) is 5.84. The fraction of sp³-hybridized carbons (Fsp3) is 0.917. The average Bonchev–Trinajstić information content (AvgIpc) is 2.28. The van der Waals surface area contributed by atoms with Crippen molar-refractivity contribution in [3.05, 3.63) is 0 Å².